The molecule has 0 spiro atoms. The van der Waals surface area contributed by atoms with Gasteiger partial charge in [-0.05, 0) is 87.9 Å². The number of hydrogen-bond donors (Lipinski definition) is 2. The van der Waals surface area contributed by atoms with E-state index in [9.17, 15) is 22.0 Å². The van der Waals surface area contributed by atoms with Crippen LogP contribution in [0.2, 0.25) is 0 Å². The Balaban J connectivity index is 0.000000362. The predicted octanol–water partition coefficient (Wildman–Crippen LogP) is 7.77. The fourth-order valence-electron chi connectivity index (χ4n) is 5.66. The van der Waals surface area contributed by atoms with E-state index in [1.54, 1.807) is 60.1 Å². The quantitative estimate of drug-likeness (QED) is 0.155. The van der Waals surface area contributed by atoms with Gasteiger partial charge in [-0.2, -0.15) is 13.5 Å². The highest BCUT2D eigenvalue weighted by Crippen LogP contribution is 2.37. The topological polar surface area (TPSA) is 163 Å². The minimum Gasteiger partial charge on any atom is -0.488 e. The zero-order valence-electron chi connectivity index (χ0n) is 28.4. The first kappa shape index (κ1) is 35.8. The lowest BCUT2D eigenvalue weighted by molar-refractivity contribution is 0.231. The fourth-order valence-corrected chi connectivity index (χ4v) is 6.14. The summed E-state index contributed by atoms with van der Waals surface area (Å²) in [7, 11) is -4.02. The van der Waals surface area contributed by atoms with Crippen LogP contribution in [0.25, 0.3) is 44.4 Å². The number of ether oxygens (including phenoxy) is 1. The van der Waals surface area contributed by atoms with Gasteiger partial charge in [-0.25, -0.2) is 23.4 Å². The van der Waals surface area contributed by atoms with Gasteiger partial charge >= 0.3 is 0 Å². The molecule has 266 valence electrons. The number of aryl methyl sites for hydroxylation is 1. The average molecular weight is 726 g/mol. The zero-order chi connectivity index (χ0) is 37.3. The molecule has 0 amide bonds. The first-order valence-electron chi connectivity index (χ1n) is 16.0. The van der Waals surface area contributed by atoms with Crippen LogP contribution in [0.4, 0.5) is 14.6 Å². The Morgan fingerprint density at radius 1 is 0.904 bits per heavy atom. The van der Waals surface area contributed by atoms with Gasteiger partial charge in [-0.3, -0.25) is 9.35 Å². The van der Waals surface area contributed by atoms with Gasteiger partial charge in [0.15, 0.2) is 17.2 Å². The number of anilines is 1. The second-order valence-electron chi connectivity index (χ2n) is 12.2. The first-order chi connectivity index (χ1) is 24.7. The molecule has 7 rings (SSSR count). The molecular formula is C38H33F2N5O6S. The van der Waals surface area contributed by atoms with Gasteiger partial charge in [0, 0.05) is 5.56 Å². The molecular weight excluding hydrogens is 693 g/mol. The molecule has 3 aromatic heterocycles. The van der Waals surface area contributed by atoms with Crippen molar-refractivity contribution in [3.05, 3.63) is 131 Å². The molecule has 0 aliphatic rings. The molecule has 0 aliphatic heterocycles. The molecule has 14 heteroatoms. The molecule has 0 radical (unpaired) electrons. The average Bonchev–Trinajstić information content (AvgIpc) is 3.50. The predicted molar refractivity (Wildman–Crippen MR) is 194 cm³/mol. The van der Waals surface area contributed by atoms with E-state index >= 15 is 0 Å². The summed E-state index contributed by atoms with van der Waals surface area (Å²) >= 11 is 0. The van der Waals surface area contributed by atoms with Crippen LogP contribution in [0.3, 0.4) is 0 Å². The third-order valence-corrected chi connectivity index (χ3v) is 8.96. The van der Waals surface area contributed by atoms with E-state index in [0.717, 1.165) is 5.56 Å². The lowest BCUT2D eigenvalue weighted by atomic mass is 9.99. The first-order valence-corrected chi connectivity index (χ1v) is 17.5. The van der Waals surface area contributed by atoms with Crippen LogP contribution in [0.15, 0.2) is 111 Å². The van der Waals surface area contributed by atoms with E-state index in [0.29, 0.717) is 38.8 Å². The van der Waals surface area contributed by atoms with Gasteiger partial charge in [0.2, 0.25) is 5.43 Å². The van der Waals surface area contributed by atoms with Gasteiger partial charge in [-0.15, -0.1) is 0 Å². The minimum absolute atomic E-state index is 0.0666. The smallest absolute Gasteiger partial charge is 0.294 e. The van der Waals surface area contributed by atoms with Crippen LogP contribution < -0.4 is 15.9 Å². The number of aromatic nitrogens is 4. The Bertz CT molecular complexity index is 2610. The van der Waals surface area contributed by atoms with Gasteiger partial charge < -0.3 is 14.9 Å². The van der Waals surface area contributed by atoms with E-state index in [4.69, 9.17) is 24.5 Å². The molecule has 11 nitrogen and oxygen atoms in total. The van der Waals surface area contributed by atoms with Gasteiger partial charge in [0.05, 0.1) is 27.3 Å². The largest absolute Gasteiger partial charge is 0.488 e. The monoisotopic (exact) mass is 725 g/mol. The van der Waals surface area contributed by atoms with Crippen LogP contribution in [-0.2, 0) is 10.1 Å². The molecule has 3 heterocycles. The maximum atomic E-state index is 15.0. The summed E-state index contributed by atoms with van der Waals surface area (Å²) in [5.74, 6) is -0.539. The van der Waals surface area contributed by atoms with Crippen molar-refractivity contribution >= 4 is 37.9 Å². The van der Waals surface area contributed by atoms with E-state index in [-0.39, 0.29) is 39.3 Å². The summed E-state index contributed by atoms with van der Waals surface area (Å²) in [6, 6.07) is 22.4. The maximum Gasteiger partial charge on any atom is 0.294 e. The third-order valence-electron chi connectivity index (χ3n) is 8.09. The van der Waals surface area contributed by atoms with Crippen molar-refractivity contribution in [2.45, 2.75) is 44.7 Å². The van der Waals surface area contributed by atoms with Crippen molar-refractivity contribution in [2.75, 3.05) is 5.73 Å². The van der Waals surface area contributed by atoms with Crippen LogP contribution in [-0.4, -0.2) is 38.8 Å². The molecule has 0 saturated carbocycles. The number of nitrogen functional groups attached to an aromatic ring is 1. The number of nitrogens with zero attached hydrogens (tertiary/aromatic N) is 4. The van der Waals surface area contributed by atoms with Gasteiger partial charge in [0.1, 0.15) is 41.0 Å². The molecule has 4 aromatic carbocycles. The minimum atomic E-state index is -4.02. The number of hydrogen-bond acceptors (Lipinski definition) is 9. The summed E-state index contributed by atoms with van der Waals surface area (Å²) in [6.45, 7) is 7.24. The lowest BCUT2D eigenvalue weighted by Crippen LogP contribution is -2.16. The van der Waals surface area contributed by atoms with E-state index in [2.05, 4.69) is 9.97 Å². The Morgan fingerprint density at radius 3 is 2.31 bits per heavy atom. The van der Waals surface area contributed by atoms with E-state index in [1.165, 1.54) is 48.8 Å². The number of rotatable bonds is 7. The molecule has 0 aliphatic carbocycles. The Hall–Kier alpha value is -5.99. The molecule has 1 unspecified atom stereocenters. The molecule has 0 saturated heterocycles. The van der Waals surface area contributed by atoms with Crippen LogP contribution >= 0.6 is 0 Å². The van der Waals surface area contributed by atoms with Crippen molar-refractivity contribution in [3.63, 3.8) is 0 Å². The highest BCUT2D eigenvalue weighted by atomic mass is 32.2. The standard InChI is InChI=1S/C31H25F2N5O3.C7H8O3S/c1-16(2)40-24-12-11-19(14-22(24)33)27-26-30(34)35-15-36-31(26)38(37-27)17(3)29-25(18-7-6-8-20(32)13-18)28(39)21-9-4-5-10-23(21)41-29;1-6-2-4-7(5-3-6)11(8,9)10/h4-17H,1-3H3,(H2,34,35,36);2-5H,1H3,(H,8,9,10). The van der Waals surface area contributed by atoms with Crippen molar-refractivity contribution in [2.24, 2.45) is 0 Å². The molecule has 3 N–H and O–H groups in total. The number of benzene rings is 4. The second kappa shape index (κ2) is 14.3. The Morgan fingerprint density at radius 2 is 1.63 bits per heavy atom. The molecule has 1 atom stereocenters. The number of para-hydroxylation sites is 1. The SMILES string of the molecule is CC(C)Oc1ccc(-c2nn(C(C)c3oc4ccccc4c(=O)c3-c3cccc(F)c3)c3ncnc(N)c23)cc1F.Cc1ccc(S(=O)(=O)O)cc1. The molecule has 0 fully saturated rings. The highest BCUT2D eigenvalue weighted by Gasteiger charge is 2.27. The molecule has 52 heavy (non-hydrogen) atoms. The second-order valence-corrected chi connectivity index (χ2v) is 13.6. The zero-order valence-corrected chi connectivity index (χ0v) is 29.2. The summed E-state index contributed by atoms with van der Waals surface area (Å²) in [5.41, 5.74) is 8.98. The number of halogens is 2. The van der Waals surface area contributed by atoms with Crippen molar-refractivity contribution in [3.8, 4) is 28.1 Å². The Labute approximate surface area is 297 Å². The summed E-state index contributed by atoms with van der Waals surface area (Å²) in [6.07, 6.45) is 1.10. The van der Waals surface area contributed by atoms with E-state index < -0.39 is 27.8 Å². The summed E-state index contributed by atoms with van der Waals surface area (Å²) in [5, 5.41) is 5.55. The molecule has 0 bridgehead atoms. The fraction of sp³-hybridized carbons (Fsp3) is 0.158. The van der Waals surface area contributed by atoms with Crippen molar-refractivity contribution in [1.82, 2.24) is 19.7 Å². The van der Waals surface area contributed by atoms with Crippen molar-refractivity contribution < 1.29 is 30.9 Å². The number of fused-ring (bicyclic) bond motifs is 2. The molecule has 7 aromatic rings. The lowest BCUT2D eigenvalue weighted by Gasteiger charge is -2.17. The normalized spacial score (nSPS) is 12.2. The van der Waals surface area contributed by atoms with Gasteiger partial charge in [0.25, 0.3) is 10.1 Å². The maximum absolute atomic E-state index is 15.0. The van der Waals surface area contributed by atoms with E-state index in [1.807, 2.05) is 20.8 Å². The van der Waals surface area contributed by atoms with Crippen LogP contribution in [0, 0.1) is 18.6 Å². The Kier molecular flexibility index (Phi) is 9.87. The third kappa shape index (κ3) is 7.24. The van der Waals surface area contributed by atoms with Gasteiger partial charge in [-0.1, -0.05) is 42.0 Å². The number of nitrogens with two attached hydrogens (primary N) is 1. The highest BCUT2D eigenvalue weighted by molar-refractivity contribution is 7.85. The summed E-state index contributed by atoms with van der Waals surface area (Å²) in [4.78, 5) is 22.3. The van der Waals surface area contributed by atoms with Crippen molar-refractivity contribution in [1.29, 1.82) is 0 Å². The summed E-state index contributed by atoms with van der Waals surface area (Å²) < 4.78 is 72.3. The van der Waals surface area contributed by atoms with Crippen LogP contribution in [0.1, 0.15) is 38.1 Å². The van der Waals surface area contributed by atoms with Crippen LogP contribution in [0.5, 0.6) is 5.75 Å².